The van der Waals surface area contributed by atoms with Crippen LogP contribution in [-0.4, -0.2) is 43.8 Å². The molecule has 1 aliphatic heterocycles. The van der Waals surface area contributed by atoms with E-state index in [4.69, 9.17) is 4.74 Å². The number of nitrogens with zero attached hydrogens (tertiary/aromatic N) is 2. The molecule has 9 nitrogen and oxygen atoms in total. The number of ether oxygens (including phenoxy) is 1. The number of hydrogen-bond donors (Lipinski definition) is 3. The average molecular weight is 584 g/mol. The van der Waals surface area contributed by atoms with Crippen molar-refractivity contribution in [2.24, 2.45) is 0 Å². The van der Waals surface area contributed by atoms with Gasteiger partial charge in [-0.2, -0.15) is 5.10 Å². The number of aryl methyl sites for hydroxylation is 1. The van der Waals surface area contributed by atoms with Gasteiger partial charge in [0.15, 0.2) is 5.82 Å². The lowest BCUT2D eigenvalue weighted by atomic mass is 10.0. The van der Waals surface area contributed by atoms with Crippen LogP contribution in [0.3, 0.4) is 0 Å². The number of rotatable bonds is 9. The van der Waals surface area contributed by atoms with E-state index in [1.54, 1.807) is 0 Å². The molecule has 41 heavy (non-hydrogen) atoms. The van der Waals surface area contributed by atoms with E-state index in [-0.39, 0.29) is 40.3 Å². The largest absolute Gasteiger partial charge is 0.496 e. The maximum absolute atomic E-state index is 14.5. The molecule has 0 bridgehead atoms. The lowest BCUT2D eigenvalue weighted by Gasteiger charge is -2.22. The number of fused-ring (bicyclic) bond motifs is 1. The van der Waals surface area contributed by atoms with Crippen LogP contribution in [-0.2, 0) is 27.9 Å². The van der Waals surface area contributed by atoms with Crippen molar-refractivity contribution in [2.75, 3.05) is 18.4 Å². The second-order valence-corrected chi connectivity index (χ2v) is 11.7. The summed E-state index contributed by atoms with van der Waals surface area (Å²) >= 11 is 0. The van der Waals surface area contributed by atoms with Gasteiger partial charge in [0, 0.05) is 18.7 Å². The molecule has 4 aromatic rings. The Morgan fingerprint density at radius 1 is 1.12 bits per heavy atom. The minimum absolute atomic E-state index is 0.0406. The number of sulfonamides is 1. The number of aromatic nitrogens is 2. The summed E-state index contributed by atoms with van der Waals surface area (Å²) in [5.74, 6) is -1.28. The molecule has 12 heteroatoms. The van der Waals surface area contributed by atoms with Crippen LogP contribution >= 0.6 is 0 Å². The van der Waals surface area contributed by atoms with Gasteiger partial charge < -0.3 is 15.4 Å². The Bertz CT molecular complexity index is 1700. The quantitative estimate of drug-likeness (QED) is 0.272. The van der Waals surface area contributed by atoms with Crippen molar-refractivity contribution in [3.63, 3.8) is 0 Å². The molecule has 0 aliphatic carbocycles. The van der Waals surface area contributed by atoms with Crippen LogP contribution in [0.15, 0.2) is 59.5 Å². The van der Waals surface area contributed by atoms with Crippen LogP contribution in [0.5, 0.6) is 5.75 Å². The molecule has 3 N–H and O–H groups in total. The second-order valence-electron chi connectivity index (χ2n) is 10.1. The number of piperidine rings is 1. The van der Waals surface area contributed by atoms with E-state index in [1.165, 1.54) is 36.9 Å². The number of nitrogens with one attached hydrogen (secondary N) is 3. The van der Waals surface area contributed by atoms with Crippen LogP contribution in [0.25, 0.3) is 10.9 Å². The van der Waals surface area contributed by atoms with Crippen molar-refractivity contribution in [2.45, 2.75) is 50.2 Å². The van der Waals surface area contributed by atoms with Gasteiger partial charge in [0.2, 0.25) is 5.91 Å². The fourth-order valence-corrected chi connectivity index (χ4v) is 5.93. The first-order valence-corrected chi connectivity index (χ1v) is 14.7. The number of hydrogen-bond acceptors (Lipinski definition) is 6. The van der Waals surface area contributed by atoms with Crippen molar-refractivity contribution in [1.82, 2.24) is 20.4 Å². The van der Waals surface area contributed by atoms with E-state index in [2.05, 4.69) is 20.5 Å². The van der Waals surface area contributed by atoms with Crippen molar-refractivity contribution >= 4 is 32.7 Å². The molecular weight excluding hydrogens is 552 g/mol. The number of amides is 1. The highest BCUT2D eigenvalue weighted by Crippen LogP contribution is 2.35. The smallest absolute Gasteiger partial charge is 0.263 e. The average Bonchev–Trinajstić information content (AvgIpc) is 3.28. The number of carbonyl (C=O) groups excluding carboxylic acids is 1. The van der Waals surface area contributed by atoms with E-state index in [9.17, 15) is 22.0 Å². The molecular formula is C29H31F2N5O4S. The Labute approximate surface area is 236 Å². The van der Waals surface area contributed by atoms with E-state index >= 15 is 0 Å². The predicted octanol–water partition coefficient (Wildman–Crippen LogP) is 4.24. The predicted molar refractivity (Wildman–Crippen MR) is 151 cm³/mol. The van der Waals surface area contributed by atoms with Gasteiger partial charge in [-0.1, -0.05) is 36.8 Å². The van der Waals surface area contributed by atoms with Crippen molar-refractivity contribution in [3.05, 3.63) is 82.9 Å². The first kappa shape index (κ1) is 28.5. The van der Waals surface area contributed by atoms with Gasteiger partial charge in [-0.05, 0) is 55.1 Å². The fraction of sp³-hybridized carbons (Fsp3) is 0.310. The fourth-order valence-electron chi connectivity index (χ4n) is 4.91. The zero-order valence-corrected chi connectivity index (χ0v) is 23.5. The van der Waals surface area contributed by atoms with Crippen molar-refractivity contribution < 1.29 is 26.7 Å². The first-order valence-electron chi connectivity index (χ1n) is 13.3. The Morgan fingerprint density at radius 2 is 1.93 bits per heavy atom. The third kappa shape index (κ3) is 6.33. The molecule has 1 saturated heterocycles. The van der Waals surface area contributed by atoms with Gasteiger partial charge in [-0.15, -0.1) is 0 Å². The molecule has 1 unspecified atom stereocenters. The topological polar surface area (TPSA) is 114 Å². The third-order valence-corrected chi connectivity index (χ3v) is 8.44. The van der Waals surface area contributed by atoms with Gasteiger partial charge in [-0.25, -0.2) is 17.2 Å². The van der Waals surface area contributed by atoms with Crippen LogP contribution in [0.2, 0.25) is 0 Å². The Balaban J connectivity index is 1.43. The van der Waals surface area contributed by atoms with Gasteiger partial charge in [0.05, 0.1) is 35.5 Å². The SMILES string of the molecule is COc1cc(F)cc2c1c(NS(=O)(=O)c1ccc(C)c(F)c1)nn2Cc1cccc(CNC(=O)C2CCCCN2)c1. The molecule has 216 valence electrons. The number of anilines is 1. The van der Waals surface area contributed by atoms with E-state index in [0.29, 0.717) is 17.6 Å². The monoisotopic (exact) mass is 583 g/mol. The highest BCUT2D eigenvalue weighted by molar-refractivity contribution is 7.92. The summed E-state index contributed by atoms with van der Waals surface area (Å²) in [7, 11) is -2.88. The maximum Gasteiger partial charge on any atom is 0.263 e. The van der Waals surface area contributed by atoms with Crippen LogP contribution in [0.4, 0.5) is 14.6 Å². The molecule has 1 amide bonds. The highest BCUT2D eigenvalue weighted by atomic mass is 32.2. The molecule has 0 radical (unpaired) electrons. The number of methoxy groups -OCH3 is 1. The summed E-state index contributed by atoms with van der Waals surface area (Å²) in [5.41, 5.74) is 2.28. The standard InChI is InChI=1S/C29H31F2N5O4S/c1-18-9-10-22(15-23(18)31)41(38,39)35-28-27-25(13-21(30)14-26(27)40-2)36(34-28)17-20-7-5-6-19(12-20)16-33-29(37)24-8-3-4-11-32-24/h5-7,9-10,12-15,24,32H,3-4,8,11,16-17H2,1-2H3,(H,33,37)(H,34,35). The van der Waals surface area contributed by atoms with Crippen LogP contribution in [0, 0.1) is 18.6 Å². The van der Waals surface area contributed by atoms with Crippen molar-refractivity contribution in [1.29, 1.82) is 0 Å². The summed E-state index contributed by atoms with van der Waals surface area (Å²) < 4.78 is 64.2. The summed E-state index contributed by atoms with van der Waals surface area (Å²) in [6.07, 6.45) is 2.89. The number of carbonyl (C=O) groups is 1. The second kappa shape index (κ2) is 11.8. The van der Waals surface area contributed by atoms with Crippen LogP contribution < -0.4 is 20.1 Å². The molecule has 1 atom stereocenters. The van der Waals surface area contributed by atoms with E-state index in [1.807, 2.05) is 24.3 Å². The summed E-state index contributed by atoms with van der Waals surface area (Å²) in [5, 5.41) is 10.9. The molecule has 1 aliphatic rings. The zero-order chi connectivity index (χ0) is 29.1. The Morgan fingerprint density at radius 3 is 2.66 bits per heavy atom. The van der Waals surface area contributed by atoms with Gasteiger partial charge in [0.25, 0.3) is 10.0 Å². The van der Waals surface area contributed by atoms with Crippen LogP contribution in [0.1, 0.15) is 36.0 Å². The number of halogens is 2. The lowest BCUT2D eigenvalue weighted by molar-refractivity contribution is -0.123. The van der Waals surface area contributed by atoms with Gasteiger partial charge in [-0.3, -0.25) is 14.2 Å². The van der Waals surface area contributed by atoms with Gasteiger partial charge >= 0.3 is 0 Å². The summed E-state index contributed by atoms with van der Waals surface area (Å²) in [4.78, 5) is 12.3. The highest BCUT2D eigenvalue weighted by Gasteiger charge is 2.24. The molecule has 0 spiro atoms. The first-order chi connectivity index (χ1) is 19.6. The summed E-state index contributed by atoms with van der Waals surface area (Å²) in [6, 6.07) is 13.3. The molecule has 5 rings (SSSR count). The van der Waals surface area contributed by atoms with E-state index < -0.39 is 21.7 Å². The Hall–Kier alpha value is -4.03. The lowest BCUT2D eigenvalue weighted by Crippen LogP contribution is -2.46. The molecule has 3 aromatic carbocycles. The van der Waals surface area contributed by atoms with E-state index in [0.717, 1.165) is 49.1 Å². The maximum atomic E-state index is 14.5. The molecule has 0 saturated carbocycles. The molecule has 2 heterocycles. The Kier molecular flexibility index (Phi) is 8.22. The minimum atomic E-state index is -4.23. The minimum Gasteiger partial charge on any atom is -0.496 e. The summed E-state index contributed by atoms with van der Waals surface area (Å²) in [6.45, 7) is 2.88. The molecule has 1 fully saturated rings. The molecule has 1 aromatic heterocycles. The van der Waals surface area contributed by atoms with Crippen molar-refractivity contribution in [3.8, 4) is 5.75 Å². The normalized spacial score (nSPS) is 15.6. The van der Waals surface area contributed by atoms with Gasteiger partial charge in [0.1, 0.15) is 17.4 Å². The zero-order valence-electron chi connectivity index (χ0n) is 22.7. The third-order valence-electron chi connectivity index (χ3n) is 7.10. The number of benzene rings is 3.